The van der Waals surface area contributed by atoms with Gasteiger partial charge in [-0.2, -0.15) is 0 Å². The smallest absolute Gasteiger partial charge is 0.243 e. The first-order chi connectivity index (χ1) is 12.6. The van der Waals surface area contributed by atoms with Crippen molar-refractivity contribution in [1.82, 2.24) is 4.31 Å². The molecule has 0 unspecified atom stereocenters. The van der Waals surface area contributed by atoms with E-state index >= 15 is 0 Å². The molecule has 0 saturated carbocycles. The number of nitrogens with one attached hydrogen (secondary N) is 2. The molecular formula is C18H22BrN3O4S. The number of anilines is 2. The summed E-state index contributed by atoms with van der Waals surface area (Å²) in [6.45, 7) is 1.96. The number of rotatable bonds is 7. The van der Waals surface area contributed by atoms with Crippen LogP contribution >= 0.6 is 15.9 Å². The van der Waals surface area contributed by atoms with Crippen molar-refractivity contribution in [2.24, 2.45) is 0 Å². The van der Waals surface area contributed by atoms with E-state index in [9.17, 15) is 13.2 Å². The lowest BCUT2D eigenvalue weighted by Gasteiger charge is -2.15. The number of benzene rings is 2. The largest absolute Gasteiger partial charge is 0.495 e. The lowest BCUT2D eigenvalue weighted by Crippen LogP contribution is -2.24. The van der Waals surface area contributed by atoms with E-state index in [1.807, 2.05) is 25.1 Å². The minimum absolute atomic E-state index is 0.0241. The van der Waals surface area contributed by atoms with Crippen LogP contribution in [0.4, 0.5) is 11.4 Å². The third-order valence-corrected chi connectivity index (χ3v) is 6.16. The Morgan fingerprint density at radius 1 is 1.15 bits per heavy atom. The first-order valence-corrected chi connectivity index (χ1v) is 10.3. The second kappa shape index (κ2) is 8.73. The highest BCUT2D eigenvalue weighted by Gasteiger charge is 2.19. The van der Waals surface area contributed by atoms with Crippen molar-refractivity contribution in [3.63, 3.8) is 0 Å². The molecular weight excluding hydrogens is 434 g/mol. The number of carbonyl (C=O) groups is 1. The molecule has 2 rings (SSSR count). The second-order valence-corrected chi connectivity index (χ2v) is 9.08. The quantitative estimate of drug-likeness (QED) is 0.669. The molecule has 0 saturated heterocycles. The number of halogens is 1. The summed E-state index contributed by atoms with van der Waals surface area (Å²) in [4.78, 5) is 12.4. The molecule has 1 amide bonds. The van der Waals surface area contributed by atoms with Gasteiger partial charge in [-0.1, -0.05) is 15.9 Å². The van der Waals surface area contributed by atoms with Gasteiger partial charge in [-0.25, -0.2) is 12.7 Å². The van der Waals surface area contributed by atoms with Gasteiger partial charge in [-0.3, -0.25) is 4.79 Å². The summed E-state index contributed by atoms with van der Waals surface area (Å²) < 4.78 is 31.9. The number of ether oxygens (including phenoxy) is 1. The van der Waals surface area contributed by atoms with Gasteiger partial charge in [-0.05, 0) is 48.9 Å². The van der Waals surface area contributed by atoms with Gasteiger partial charge in [0, 0.05) is 24.3 Å². The van der Waals surface area contributed by atoms with Crippen LogP contribution in [-0.4, -0.2) is 46.4 Å². The van der Waals surface area contributed by atoms with E-state index in [1.165, 1.54) is 39.4 Å². The summed E-state index contributed by atoms with van der Waals surface area (Å²) in [5, 5.41) is 5.76. The highest BCUT2D eigenvalue weighted by atomic mass is 79.9. The Hall–Kier alpha value is -2.10. The molecule has 0 atom stereocenters. The Balaban J connectivity index is 2.16. The van der Waals surface area contributed by atoms with Crippen molar-refractivity contribution in [1.29, 1.82) is 0 Å². The van der Waals surface area contributed by atoms with Crippen molar-refractivity contribution in [2.75, 3.05) is 38.4 Å². The Kier molecular flexibility index (Phi) is 6.85. The number of amides is 1. The zero-order valence-corrected chi connectivity index (χ0v) is 17.9. The van der Waals surface area contributed by atoms with Crippen LogP contribution < -0.4 is 15.4 Å². The van der Waals surface area contributed by atoms with Crippen molar-refractivity contribution in [3.05, 3.63) is 46.4 Å². The summed E-state index contributed by atoms with van der Waals surface area (Å²) in [5.41, 5.74) is 2.12. The minimum atomic E-state index is -3.62. The highest BCUT2D eigenvalue weighted by molar-refractivity contribution is 9.10. The maximum atomic E-state index is 12.3. The highest BCUT2D eigenvalue weighted by Crippen LogP contribution is 2.28. The van der Waals surface area contributed by atoms with E-state index in [-0.39, 0.29) is 17.3 Å². The maximum absolute atomic E-state index is 12.3. The Morgan fingerprint density at radius 2 is 1.85 bits per heavy atom. The van der Waals surface area contributed by atoms with Gasteiger partial charge in [0.1, 0.15) is 5.75 Å². The Morgan fingerprint density at radius 3 is 2.44 bits per heavy atom. The number of carbonyl (C=O) groups excluding carboxylic acids is 1. The lowest BCUT2D eigenvalue weighted by molar-refractivity contribution is -0.114. The number of hydrogen-bond acceptors (Lipinski definition) is 5. The third kappa shape index (κ3) is 5.21. The van der Waals surface area contributed by atoms with Crippen LogP contribution in [0, 0.1) is 6.92 Å². The molecule has 0 fully saturated rings. The van der Waals surface area contributed by atoms with Crippen LogP contribution in [0.2, 0.25) is 0 Å². The number of hydrogen-bond donors (Lipinski definition) is 2. The van der Waals surface area contributed by atoms with Gasteiger partial charge in [0.25, 0.3) is 0 Å². The number of methoxy groups -OCH3 is 1. The maximum Gasteiger partial charge on any atom is 0.243 e. The molecule has 146 valence electrons. The molecule has 0 aliphatic rings. The summed E-state index contributed by atoms with van der Waals surface area (Å²) in [5.74, 6) is 0.0518. The van der Waals surface area contributed by atoms with Crippen LogP contribution in [0.25, 0.3) is 0 Å². The number of nitrogens with zero attached hydrogens (tertiary/aromatic N) is 1. The molecule has 0 spiro atoms. The Bertz CT molecular complexity index is 946. The average molecular weight is 456 g/mol. The molecule has 0 heterocycles. The molecule has 2 aromatic rings. The molecule has 9 heteroatoms. The summed E-state index contributed by atoms with van der Waals surface area (Å²) in [7, 11) is 0.728. The van der Waals surface area contributed by atoms with Crippen LogP contribution in [0.1, 0.15) is 5.56 Å². The third-order valence-electron chi connectivity index (χ3n) is 3.85. The molecule has 2 aromatic carbocycles. The van der Waals surface area contributed by atoms with Gasteiger partial charge in [0.15, 0.2) is 0 Å². The average Bonchev–Trinajstić information content (AvgIpc) is 2.60. The first-order valence-electron chi connectivity index (χ1n) is 8.05. The fourth-order valence-electron chi connectivity index (χ4n) is 2.35. The molecule has 7 nitrogen and oxygen atoms in total. The fourth-order valence-corrected chi connectivity index (χ4v) is 3.76. The molecule has 0 aliphatic heterocycles. The molecule has 0 aromatic heterocycles. The molecule has 0 bridgehead atoms. The zero-order chi connectivity index (χ0) is 20.2. The van der Waals surface area contributed by atoms with Crippen LogP contribution in [-0.2, 0) is 14.8 Å². The Labute approximate surface area is 167 Å². The first kappa shape index (κ1) is 21.2. The van der Waals surface area contributed by atoms with Crippen LogP contribution in [0.3, 0.4) is 0 Å². The SMILES string of the molecule is COc1ccc(S(=O)(=O)N(C)C)cc1NC(=O)CNc1ccc(Br)cc1C. The molecule has 27 heavy (non-hydrogen) atoms. The van der Waals surface area contributed by atoms with Gasteiger partial charge < -0.3 is 15.4 Å². The lowest BCUT2D eigenvalue weighted by atomic mass is 10.2. The predicted octanol–water partition coefficient (Wildman–Crippen LogP) is 3.07. The van der Waals surface area contributed by atoms with Crippen molar-refractivity contribution < 1.29 is 17.9 Å². The molecule has 2 N–H and O–H groups in total. The summed E-state index contributed by atoms with van der Waals surface area (Å²) >= 11 is 3.40. The topological polar surface area (TPSA) is 87.7 Å². The molecule has 0 radical (unpaired) electrons. The second-order valence-electron chi connectivity index (χ2n) is 6.01. The normalized spacial score (nSPS) is 11.3. The van der Waals surface area contributed by atoms with Gasteiger partial charge in [0.05, 0.1) is 24.2 Å². The number of sulfonamides is 1. The monoisotopic (exact) mass is 455 g/mol. The van der Waals surface area contributed by atoms with Crippen LogP contribution in [0.5, 0.6) is 5.75 Å². The van der Waals surface area contributed by atoms with E-state index in [1.54, 1.807) is 0 Å². The standard InChI is InChI=1S/C18H22BrN3O4S/c1-12-9-13(19)5-7-15(12)20-11-18(23)21-16-10-14(6-8-17(16)26-4)27(24,25)22(2)3/h5-10,20H,11H2,1-4H3,(H,21,23). The van der Waals surface area contributed by atoms with Gasteiger partial charge in [-0.15, -0.1) is 0 Å². The zero-order valence-electron chi connectivity index (χ0n) is 15.5. The minimum Gasteiger partial charge on any atom is -0.495 e. The fraction of sp³-hybridized carbons (Fsp3) is 0.278. The van der Waals surface area contributed by atoms with Crippen molar-refractivity contribution >= 4 is 43.2 Å². The van der Waals surface area contributed by atoms with E-state index in [0.717, 1.165) is 20.0 Å². The van der Waals surface area contributed by atoms with E-state index in [2.05, 4.69) is 26.6 Å². The van der Waals surface area contributed by atoms with E-state index in [0.29, 0.717) is 11.4 Å². The van der Waals surface area contributed by atoms with E-state index < -0.39 is 10.0 Å². The van der Waals surface area contributed by atoms with Gasteiger partial charge in [0.2, 0.25) is 15.9 Å². The van der Waals surface area contributed by atoms with Crippen LogP contribution in [0.15, 0.2) is 45.8 Å². The van der Waals surface area contributed by atoms with E-state index in [4.69, 9.17) is 4.74 Å². The van der Waals surface area contributed by atoms with Crippen molar-refractivity contribution in [3.8, 4) is 5.75 Å². The summed E-state index contributed by atoms with van der Waals surface area (Å²) in [6, 6.07) is 10.0. The molecule has 0 aliphatic carbocycles. The predicted molar refractivity (Wildman–Crippen MR) is 110 cm³/mol. The summed E-state index contributed by atoms with van der Waals surface area (Å²) in [6.07, 6.45) is 0. The van der Waals surface area contributed by atoms with Gasteiger partial charge >= 0.3 is 0 Å². The van der Waals surface area contributed by atoms with Crippen molar-refractivity contribution in [2.45, 2.75) is 11.8 Å². The number of aryl methyl sites for hydroxylation is 1.